The number of aliphatic hydroxyl groups is 1. The summed E-state index contributed by atoms with van der Waals surface area (Å²) < 4.78 is 10.9. The summed E-state index contributed by atoms with van der Waals surface area (Å²) in [5.74, 6) is -0.750. The van der Waals surface area contributed by atoms with E-state index in [1.165, 1.54) is 6.92 Å². The van der Waals surface area contributed by atoms with Crippen LogP contribution in [0.2, 0.25) is 0 Å². The molecule has 120 valence electrons. The number of nitrogens with one attached hydrogen (secondary N) is 1. The highest BCUT2D eigenvalue weighted by Crippen LogP contribution is 2.24. The normalized spacial score (nSPS) is 28.0. The fraction of sp³-hybridized carbons (Fsp3) is 0.467. The average molecular weight is 372 g/mol. The van der Waals surface area contributed by atoms with Crippen LogP contribution in [0.15, 0.2) is 30.3 Å². The van der Waals surface area contributed by atoms with Crippen LogP contribution in [0.25, 0.3) is 0 Å². The lowest BCUT2D eigenvalue weighted by molar-refractivity contribution is -0.201. The zero-order valence-corrected chi connectivity index (χ0v) is 13.7. The lowest BCUT2D eigenvalue weighted by Gasteiger charge is -2.39. The second-order valence-electron chi connectivity index (χ2n) is 5.06. The largest absolute Gasteiger partial charge is 0.454 e. The van der Waals surface area contributed by atoms with Crippen LogP contribution >= 0.6 is 15.9 Å². The predicted molar refractivity (Wildman–Crippen MR) is 82.5 cm³/mol. The monoisotopic (exact) mass is 371 g/mol. The number of rotatable bonds is 4. The summed E-state index contributed by atoms with van der Waals surface area (Å²) in [6.45, 7) is 1.38. The Balaban J connectivity index is 2.15. The summed E-state index contributed by atoms with van der Waals surface area (Å²) in [5.41, 5.74) is 0.420. The van der Waals surface area contributed by atoms with Gasteiger partial charge in [-0.1, -0.05) is 34.1 Å². The summed E-state index contributed by atoms with van der Waals surface area (Å²) in [6, 6.07) is 8.08. The molecule has 1 aromatic carbocycles. The maximum Gasteiger partial charge on any atom is 0.338 e. The van der Waals surface area contributed by atoms with Crippen molar-refractivity contribution in [3.05, 3.63) is 35.9 Å². The molecule has 2 rings (SSSR count). The molecule has 0 bridgehead atoms. The Bertz CT molecular complexity index is 524. The molecule has 0 saturated carbocycles. The van der Waals surface area contributed by atoms with Crippen LogP contribution in [0, 0.1) is 0 Å². The summed E-state index contributed by atoms with van der Waals surface area (Å²) in [4.78, 5) is 23.5. The third-order valence-corrected chi connectivity index (χ3v) is 3.98. The number of hydrogen-bond donors (Lipinski definition) is 2. The molecule has 6 nitrogen and oxygen atoms in total. The van der Waals surface area contributed by atoms with Crippen molar-refractivity contribution in [2.75, 3.05) is 5.33 Å². The third-order valence-electron chi connectivity index (χ3n) is 3.34. The van der Waals surface area contributed by atoms with E-state index in [4.69, 9.17) is 9.47 Å². The predicted octanol–water partition coefficient (Wildman–Crippen LogP) is 1.22. The summed E-state index contributed by atoms with van der Waals surface area (Å²) in [7, 11) is 0. The molecule has 1 aliphatic heterocycles. The summed E-state index contributed by atoms with van der Waals surface area (Å²) >= 11 is 3.28. The Kier molecular flexibility index (Phi) is 5.93. The highest BCUT2D eigenvalue weighted by Gasteiger charge is 2.41. The van der Waals surface area contributed by atoms with Crippen LogP contribution < -0.4 is 5.32 Å². The van der Waals surface area contributed by atoms with Gasteiger partial charge < -0.3 is 19.9 Å². The van der Waals surface area contributed by atoms with E-state index in [1.807, 2.05) is 0 Å². The fourth-order valence-corrected chi connectivity index (χ4v) is 2.92. The first kappa shape index (κ1) is 16.9. The van der Waals surface area contributed by atoms with E-state index in [2.05, 4.69) is 21.2 Å². The molecule has 22 heavy (non-hydrogen) atoms. The van der Waals surface area contributed by atoms with Gasteiger partial charge in [0.2, 0.25) is 5.91 Å². The van der Waals surface area contributed by atoms with Gasteiger partial charge in [0.1, 0.15) is 12.2 Å². The van der Waals surface area contributed by atoms with Crippen LogP contribution in [0.1, 0.15) is 23.7 Å². The van der Waals surface area contributed by atoms with Crippen molar-refractivity contribution < 1.29 is 24.2 Å². The molecular formula is C15H18BrNO5. The van der Waals surface area contributed by atoms with E-state index in [0.29, 0.717) is 10.9 Å². The van der Waals surface area contributed by atoms with Gasteiger partial charge in [-0.15, -0.1) is 0 Å². The number of esters is 1. The molecule has 1 amide bonds. The van der Waals surface area contributed by atoms with Gasteiger partial charge in [0.05, 0.1) is 11.6 Å². The number of ether oxygens (including phenoxy) is 2. The number of alkyl halides is 1. The Hall–Kier alpha value is -1.44. The summed E-state index contributed by atoms with van der Waals surface area (Å²) in [5, 5.41) is 12.8. The number of hydrogen-bond acceptors (Lipinski definition) is 5. The van der Waals surface area contributed by atoms with E-state index in [1.54, 1.807) is 30.3 Å². The van der Waals surface area contributed by atoms with Crippen LogP contribution in [-0.4, -0.2) is 46.9 Å². The van der Waals surface area contributed by atoms with Crippen LogP contribution in [0.4, 0.5) is 0 Å². The van der Waals surface area contributed by atoms with Gasteiger partial charge >= 0.3 is 5.97 Å². The van der Waals surface area contributed by atoms with E-state index < -0.39 is 30.5 Å². The lowest BCUT2D eigenvalue weighted by Crippen LogP contribution is -2.57. The van der Waals surface area contributed by atoms with Crippen molar-refractivity contribution in [2.24, 2.45) is 0 Å². The molecule has 1 aromatic rings. The molecule has 1 fully saturated rings. The van der Waals surface area contributed by atoms with Crippen molar-refractivity contribution in [3.63, 3.8) is 0 Å². The molecule has 7 heteroatoms. The lowest BCUT2D eigenvalue weighted by atomic mass is 9.99. The van der Waals surface area contributed by atoms with E-state index in [-0.39, 0.29) is 12.3 Å². The standard InChI is InChI=1S/C15H18BrNO5/c1-9(18)17-11-7-13(19)21-12(8-16)14(11)22-15(20)10-5-3-2-4-6-10/h2-6,11-14,19H,7-8H2,1H3,(H,17,18)/t11-,12?,13-,14-/m0/s1. The fourth-order valence-electron chi connectivity index (χ4n) is 2.40. The molecule has 1 saturated heterocycles. The molecular weight excluding hydrogens is 354 g/mol. The van der Waals surface area contributed by atoms with Gasteiger partial charge in [-0.2, -0.15) is 0 Å². The van der Waals surface area contributed by atoms with Crippen molar-refractivity contribution in [1.29, 1.82) is 0 Å². The molecule has 2 N–H and O–H groups in total. The zero-order chi connectivity index (χ0) is 16.1. The molecule has 0 radical (unpaired) electrons. The van der Waals surface area contributed by atoms with E-state index in [9.17, 15) is 14.7 Å². The minimum absolute atomic E-state index is 0.163. The molecule has 1 aliphatic rings. The minimum Gasteiger partial charge on any atom is -0.454 e. The van der Waals surface area contributed by atoms with Crippen molar-refractivity contribution in [1.82, 2.24) is 5.32 Å². The molecule has 1 heterocycles. The molecule has 0 spiro atoms. The number of aliphatic hydroxyl groups excluding tert-OH is 1. The zero-order valence-electron chi connectivity index (χ0n) is 12.1. The maximum atomic E-state index is 12.2. The first-order valence-corrected chi connectivity index (χ1v) is 8.06. The smallest absolute Gasteiger partial charge is 0.338 e. The topological polar surface area (TPSA) is 84.9 Å². The number of benzene rings is 1. The van der Waals surface area contributed by atoms with Crippen molar-refractivity contribution >= 4 is 27.8 Å². The minimum atomic E-state index is -1.01. The van der Waals surface area contributed by atoms with Gasteiger partial charge in [0.25, 0.3) is 0 Å². The van der Waals surface area contributed by atoms with Gasteiger partial charge in [-0.3, -0.25) is 4.79 Å². The van der Waals surface area contributed by atoms with Gasteiger partial charge in [0, 0.05) is 18.7 Å². The van der Waals surface area contributed by atoms with E-state index >= 15 is 0 Å². The van der Waals surface area contributed by atoms with Crippen LogP contribution in [-0.2, 0) is 14.3 Å². The highest BCUT2D eigenvalue weighted by atomic mass is 79.9. The SMILES string of the molecule is CC(=O)N[C@H]1C[C@@H](O)OC(CBr)[C@H]1OC(=O)c1ccccc1. The highest BCUT2D eigenvalue weighted by molar-refractivity contribution is 9.09. The molecule has 0 aliphatic carbocycles. The first-order valence-electron chi connectivity index (χ1n) is 6.94. The number of amides is 1. The second-order valence-corrected chi connectivity index (χ2v) is 5.71. The van der Waals surface area contributed by atoms with E-state index in [0.717, 1.165) is 0 Å². The van der Waals surface area contributed by atoms with Gasteiger partial charge in [0.15, 0.2) is 6.29 Å². The molecule has 1 unspecified atom stereocenters. The quantitative estimate of drug-likeness (QED) is 0.613. The average Bonchev–Trinajstić information content (AvgIpc) is 2.49. The first-order chi connectivity index (χ1) is 10.5. The number of carbonyl (C=O) groups excluding carboxylic acids is 2. The Morgan fingerprint density at radius 3 is 2.68 bits per heavy atom. The Morgan fingerprint density at radius 1 is 1.41 bits per heavy atom. The Labute approximate surface area is 136 Å². The van der Waals surface area contributed by atoms with Gasteiger partial charge in [-0.25, -0.2) is 4.79 Å². The second kappa shape index (κ2) is 7.71. The third kappa shape index (κ3) is 4.28. The molecule has 0 aromatic heterocycles. The molecule has 4 atom stereocenters. The van der Waals surface area contributed by atoms with Crippen LogP contribution in [0.5, 0.6) is 0 Å². The number of halogens is 1. The Morgan fingerprint density at radius 2 is 2.09 bits per heavy atom. The summed E-state index contributed by atoms with van der Waals surface area (Å²) in [6.07, 6.45) is -2.07. The van der Waals surface area contributed by atoms with Crippen molar-refractivity contribution in [2.45, 2.75) is 37.9 Å². The van der Waals surface area contributed by atoms with Crippen molar-refractivity contribution in [3.8, 4) is 0 Å². The number of carbonyl (C=O) groups is 2. The van der Waals surface area contributed by atoms with Crippen LogP contribution in [0.3, 0.4) is 0 Å². The van der Waals surface area contributed by atoms with Gasteiger partial charge in [-0.05, 0) is 12.1 Å². The maximum absolute atomic E-state index is 12.2.